The van der Waals surface area contributed by atoms with Crippen LogP contribution in [0.25, 0.3) is 11.0 Å². The van der Waals surface area contributed by atoms with Crippen LogP contribution in [0, 0.1) is 10.6 Å². The van der Waals surface area contributed by atoms with Gasteiger partial charge >= 0.3 is 6.18 Å². The number of alkyl halides is 3. The molecule has 0 spiro atoms. The normalized spacial score (nSPS) is 18.2. The van der Waals surface area contributed by atoms with E-state index < -0.39 is 17.5 Å². The maximum atomic E-state index is 13.5. The molecule has 18 heavy (non-hydrogen) atoms. The van der Waals surface area contributed by atoms with Crippen LogP contribution in [0.15, 0.2) is 18.2 Å². The number of rotatable bonds is 1. The summed E-state index contributed by atoms with van der Waals surface area (Å²) in [6, 6.07) is 4.00. The summed E-state index contributed by atoms with van der Waals surface area (Å²) < 4.78 is 53.7. The molecule has 96 valence electrons. The minimum Gasteiger partial charge on any atom is -0.328 e. The number of H-pyrrole nitrogens is 1. The van der Waals surface area contributed by atoms with Crippen molar-refractivity contribution in [2.75, 3.05) is 0 Å². The number of halogens is 4. The summed E-state index contributed by atoms with van der Waals surface area (Å²) in [6.07, 6.45) is -4.42. The second-order valence-electron chi connectivity index (χ2n) is 4.43. The molecular weight excluding hydrogens is 268 g/mol. The van der Waals surface area contributed by atoms with E-state index >= 15 is 0 Å². The smallest absolute Gasteiger partial charge is 0.328 e. The van der Waals surface area contributed by atoms with E-state index in [1.807, 2.05) is 0 Å². The topological polar surface area (TPSA) is 20.7 Å². The summed E-state index contributed by atoms with van der Waals surface area (Å²) >= 11 is 4.91. The highest BCUT2D eigenvalue weighted by Crippen LogP contribution is 2.56. The average Bonchev–Trinajstić information content (AvgIpc) is 2.98. The van der Waals surface area contributed by atoms with Crippen LogP contribution in [0.5, 0.6) is 0 Å². The number of fused-ring (bicyclic) bond motifs is 1. The molecule has 2 aromatic rings. The number of hydrogen-bond donors (Lipinski definition) is 1. The van der Waals surface area contributed by atoms with Gasteiger partial charge in [-0.15, -0.1) is 0 Å². The van der Waals surface area contributed by atoms with Crippen molar-refractivity contribution in [3.63, 3.8) is 0 Å². The van der Waals surface area contributed by atoms with E-state index in [4.69, 9.17) is 12.2 Å². The van der Waals surface area contributed by atoms with Gasteiger partial charge in [0.2, 0.25) is 0 Å². The third-order valence-corrected chi connectivity index (χ3v) is 3.63. The first-order valence-corrected chi connectivity index (χ1v) is 5.74. The van der Waals surface area contributed by atoms with Gasteiger partial charge in [0.1, 0.15) is 16.9 Å². The molecule has 0 aliphatic heterocycles. The number of benzene rings is 1. The third-order valence-electron chi connectivity index (χ3n) is 3.35. The molecule has 1 N–H and O–H groups in total. The quantitative estimate of drug-likeness (QED) is 0.619. The van der Waals surface area contributed by atoms with Crippen LogP contribution in [0.1, 0.15) is 12.8 Å². The van der Waals surface area contributed by atoms with Crippen LogP contribution in [0.4, 0.5) is 17.6 Å². The Balaban J connectivity index is 2.35. The van der Waals surface area contributed by atoms with Gasteiger partial charge in [0, 0.05) is 0 Å². The lowest BCUT2D eigenvalue weighted by Crippen LogP contribution is -2.34. The van der Waals surface area contributed by atoms with Crippen molar-refractivity contribution in [1.82, 2.24) is 9.55 Å². The van der Waals surface area contributed by atoms with Crippen LogP contribution >= 0.6 is 12.2 Å². The zero-order chi connectivity index (χ0) is 13.1. The Hall–Kier alpha value is -1.37. The highest BCUT2D eigenvalue weighted by Gasteiger charge is 2.65. The molecule has 1 aromatic carbocycles. The van der Waals surface area contributed by atoms with Crippen molar-refractivity contribution >= 4 is 23.3 Å². The summed E-state index contributed by atoms with van der Waals surface area (Å²) in [6.45, 7) is 0. The van der Waals surface area contributed by atoms with E-state index in [-0.39, 0.29) is 28.6 Å². The van der Waals surface area contributed by atoms with Crippen LogP contribution in [0.3, 0.4) is 0 Å². The fourth-order valence-corrected chi connectivity index (χ4v) is 2.65. The molecule has 0 saturated heterocycles. The molecule has 0 atom stereocenters. The van der Waals surface area contributed by atoms with Crippen molar-refractivity contribution in [2.45, 2.75) is 24.6 Å². The molecule has 0 radical (unpaired) electrons. The fraction of sp³-hybridized carbons (Fsp3) is 0.364. The SMILES string of the molecule is Fc1cccc2c1[nH]c(=S)n2C1(C(F)(F)F)CC1. The minimum atomic E-state index is -4.38. The molecule has 0 unspecified atom stereocenters. The first-order chi connectivity index (χ1) is 8.37. The molecule has 1 aliphatic carbocycles. The first-order valence-electron chi connectivity index (χ1n) is 5.33. The highest BCUT2D eigenvalue weighted by molar-refractivity contribution is 7.71. The van der Waals surface area contributed by atoms with Gasteiger partial charge < -0.3 is 9.55 Å². The zero-order valence-corrected chi connectivity index (χ0v) is 9.83. The molecule has 0 amide bonds. The van der Waals surface area contributed by atoms with E-state index in [9.17, 15) is 17.6 Å². The van der Waals surface area contributed by atoms with Crippen molar-refractivity contribution in [2.24, 2.45) is 0 Å². The van der Waals surface area contributed by atoms with Gasteiger partial charge in [-0.25, -0.2) is 4.39 Å². The molecular formula is C11H8F4N2S. The number of nitrogens with one attached hydrogen (secondary N) is 1. The Morgan fingerprint density at radius 1 is 1.28 bits per heavy atom. The van der Waals surface area contributed by atoms with Gasteiger partial charge in [-0.2, -0.15) is 13.2 Å². The predicted octanol–water partition coefficient (Wildman–Crippen LogP) is 3.89. The average molecular weight is 276 g/mol. The van der Waals surface area contributed by atoms with E-state index in [0.29, 0.717) is 0 Å². The molecule has 7 heteroatoms. The van der Waals surface area contributed by atoms with Gasteiger partial charge in [-0.3, -0.25) is 0 Å². The van der Waals surface area contributed by atoms with E-state index in [1.54, 1.807) is 0 Å². The van der Waals surface area contributed by atoms with Crippen LogP contribution in [-0.2, 0) is 5.54 Å². The number of imidazole rings is 1. The summed E-state index contributed by atoms with van der Waals surface area (Å²) in [5.41, 5.74) is -1.77. The molecule has 3 rings (SSSR count). The maximum Gasteiger partial charge on any atom is 0.412 e. The zero-order valence-electron chi connectivity index (χ0n) is 9.01. The van der Waals surface area contributed by atoms with Gasteiger partial charge in [0.05, 0.1) is 5.52 Å². The summed E-state index contributed by atoms with van der Waals surface area (Å²) in [5, 5.41) is 0. The van der Waals surface area contributed by atoms with Gasteiger partial charge in [0.15, 0.2) is 4.77 Å². The molecule has 2 nitrogen and oxygen atoms in total. The first kappa shape index (κ1) is 11.7. The summed E-state index contributed by atoms with van der Waals surface area (Å²) in [7, 11) is 0. The van der Waals surface area contributed by atoms with Crippen molar-refractivity contribution < 1.29 is 17.6 Å². The Morgan fingerprint density at radius 3 is 2.50 bits per heavy atom. The molecule has 1 heterocycles. The molecule has 1 fully saturated rings. The van der Waals surface area contributed by atoms with Crippen LogP contribution < -0.4 is 0 Å². The van der Waals surface area contributed by atoms with Gasteiger partial charge in [0.25, 0.3) is 0 Å². The second kappa shape index (κ2) is 3.34. The molecule has 1 saturated carbocycles. The maximum absolute atomic E-state index is 13.5. The van der Waals surface area contributed by atoms with Crippen molar-refractivity contribution in [1.29, 1.82) is 0 Å². The summed E-state index contributed by atoms with van der Waals surface area (Å²) in [4.78, 5) is 2.52. The Kier molecular flexibility index (Phi) is 2.17. The Bertz CT molecular complexity index is 678. The second-order valence-corrected chi connectivity index (χ2v) is 4.82. The lowest BCUT2D eigenvalue weighted by Gasteiger charge is -2.21. The lowest BCUT2D eigenvalue weighted by molar-refractivity contribution is -0.179. The molecule has 1 aromatic heterocycles. The van der Waals surface area contributed by atoms with Crippen LogP contribution in [0.2, 0.25) is 0 Å². The Labute approximate surface area is 104 Å². The standard InChI is InChI=1S/C11H8F4N2S/c12-6-2-1-3-7-8(6)16-9(18)17(7)10(4-5-10)11(13,14)15/h1-3H,4-5H2,(H,16,18). The molecule has 0 bridgehead atoms. The summed E-state index contributed by atoms with van der Waals surface area (Å²) in [5.74, 6) is -0.602. The Morgan fingerprint density at radius 2 is 1.94 bits per heavy atom. The van der Waals surface area contributed by atoms with Gasteiger partial charge in [-0.1, -0.05) is 6.07 Å². The fourth-order valence-electron chi connectivity index (χ4n) is 2.27. The van der Waals surface area contributed by atoms with Crippen molar-refractivity contribution in [3.05, 3.63) is 28.8 Å². The lowest BCUT2D eigenvalue weighted by atomic mass is 10.2. The largest absolute Gasteiger partial charge is 0.412 e. The van der Waals surface area contributed by atoms with E-state index in [0.717, 1.165) is 4.57 Å². The number of aromatic nitrogens is 2. The third kappa shape index (κ3) is 1.36. The van der Waals surface area contributed by atoms with Crippen molar-refractivity contribution in [3.8, 4) is 0 Å². The number of para-hydroxylation sites is 1. The number of aromatic amines is 1. The van der Waals surface area contributed by atoms with E-state index in [2.05, 4.69) is 4.98 Å². The van der Waals surface area contributed by atoms with Crippen LogP contribution in [-0.4, -0.2) is 15.7 Å². The van der Waals surface area contributed by atoms with Gasteiger partial charge in [-0.05, 0) is 37.2 Å². The number of hydrogen-bond acceptors (Lipinski definition) is 1. The molecule has 1 aliphatic rings. The highest BCUT2D eigenvalue weighted by atomic mass is 32.1. The minimum absolute atomic E-state index is 0.0196. The monoisotopic (exact) mass is 276 g/mol. The number of nitrogens with zero attached hydrogens (tertiary/aromatic N) is 1. The van der Waals surface area contributed by atoms with E-state index in [1.165, 1.54) is 18.2 Å². The predicted molar refractivity (Wildman–Crippen MR) is 60.3 cm³/mol.